The summed E-state index contributed by atoms with van der Waals surface area (Å²) in [5.41, 5.74) is -0.0319. The van der Waals surface area contributed by atoms with E-state index < -0.39 is 20.6 Å². The average molecular weight is 444 g/mol. The highest BCUT2D eigenvalue weighted by Crippen LogP contribution is 2.29. The molecule has 0 bridgehead atoms. The monoisotopic (exact) mass is 444 g/mol. The topological polar surface area (TPSA) is 80.5 Å². The van der Waals surface area contributed by atoms with E-state index in [2.05, 4.69) is 29.2 Å². The Morgan fingerprint density at radius 2 is 1.78 bits per heavy atom. The maximum absolute atomic E-state index is 12.9. The number of nitro benzene ring substituents is 1. The highest BCUT2D eigenvalue weighted by molar-refractivity contribution is 14.1. The van der Waals surface area contributed by atoms with Crippen LogP contribution in [0.3, 0.4) is 0 Å². The number of sulfonamides is 1. The van der Waals surface area contributed by atoms with E-state index >= 15 is 0 Å². The Bertz CT molecular complexity index is 835. The van der Waals surface area contributed by atoms with Gasteiger partial charge in [0.25, 0.3) is 15.7 Å². The lowest BCUT2D eigenvalue weighted by molar-refractivity contribution is -0.387. The van der Waals surface area contributed by atoms with Crippen LogP contribution < -0.4 is 4.31 Å². The molecule has 0 saturated heterocycles. The number of hydrogen-bond acceptors (Lipinski definition) is 4. The van der Waals surface area contributed by atoms with Gasteiger partial charge in [-0.2, -0.15) is 0 Å². The lowest BCUT2D eigenvalue weighted by Gasteiger charge is -2.23. The third kappa shape index (κ3) is 3.70. The van der Waals surface area contributed by atoms with E-state index in [0.29, 0.717) is 5.69 Å². The van der Waals surface area contributed by atoms with E-state index in [1.54, 1.807) is 24.3 Å². The molecular weight excluding hydrogens is 431 g/mol. The number of halogens is 1. The van der Waals surface area contributed by atoms with E-state index in [1.807, 2.05) is 0 Å². The van der Waals surface area contributed by atoms with Gasteiger partial charge < -0.3 is 0 Å². The summed E-state index contributed by atoms with van der Waals surface area (Å²) >= 11 is 2.11. The molecule has 0 spiro atoms. The lowest BCUT2D eigenvalue weighted by atomic mass is 10.3. The summed E-state index contributed by atoms with van der Waals surface area (Å²) in [5.74, 6) is 0. The van der Waals surface area contributed by atoms with Crippen molar-refractivity contribution in [1.29, 1.82) is 0 Å². The van der Waals surface area contributed by atoms with E-state index in [0.717, 1.165) is 7.88 Å². The van der Waals surface area contributed by atoms with Crippen LogP contribution in [0.2, 0.25) is 0 Å². The molecule has 2 aromatic rings. The van der Waals surface area contributed by atoms with Crippen molar-refractivity contribution in [1.82, 2.24) is 0 Å². The van der Waals surface area contributed by atoms with Crippen LogP contribution in [0, 0.1) is 13.7 Å². The second kappa shape index (κ2) is 7.09. The van der Waals surface area contributed by atoms with Gasteiger partial charge in [-0.3, -0.25) is 14.4 Å². The van der Waals surface area contributed by atoms with Crippen molar-refractivity contribution in [3.05, 3.63) is 74.9 Å². The van der Waals surface area contributed by atoms with E-state index in [9.17, 15) is 18.5 Å². The molecule has 8 heteroatoms. The largest absolute Gasteiger partial charge is 0.289 e. The summed E-state index contributed by atoms with van der Waals surface area (Å²) in [5, 5.41) is 11.1. The van der Waals surface area contributed by atoms with Crippen LogP contribution in [0.4, 0.5) is 11.4 Å². The zero-order valence-corrected chi connectivity index (χ0v) is 14.9. The smallest absolute Gasteiger partial charge is 0.262 e. The van der Waals surface area contributed by atoms with Crippen LogP contribution >= 0.6 is 22.6 Å². The number of hydrogen-bond donors (Lipinski definition) is 0. The highest BCUT2D eigenvalue weighted by atomic mass is 127. The van der Waals surface area contributed by atoms with Crippen molar-refractivity contribution < 1.29 is 13.3 Å². The molecule has 0 aliphatic carbocycles. The first-order valence-corrected chi connectivity index (χ1v) is 9.02. The van der Waals surface area contributed by atoms with Gasteiger partial charge >= 0.3 is 0 Å². The minimum atomic E-state index is -4.09. The molecular formula is C15H13IN2O4S. The maximum Gasteiger partial charge on any atom is 0.289 e. The first-order valence-electron chi connectivity index (χ1n) is 6.50. The standard InChI is InChI=1S/C15H13IN2O4S/c1-2-11-17(13-9-7-12(16)8-10-13)23(21,22)15-6-4-3-5-14(15)18(19)20/h2-10H,1,11H2. The van der Waals surface area contributed by atoms with Gasteiger partial charge in [-0.1, -0.05) is 18.2 Å². The van der Waals surface area contributed by atoms with Crippen LogP contribution in [0.15, 0.2) is 66.1 Å². The minimum absolute atomic E-state index is 0.00890. The summed E-state index contributed by atoms with van der Waals surface area (Å²) in [4.78, 5) is 10.1. The Morgan fingerprint density at radius 3 is 2.35 bits per heavy atom. The van der Waals surface area contributed by atoms with Crippen LogP contribution in [-0.4, -0.2) is 19.9 Å². The molecule has 0 unspecified atom stereocenters. The summed E-state index contributed by atoms with van der Waals surface area (Å²) in [7, 11) is -4.09. The Morgan fingerprint density at radius 1 is 1.17 bits per heavy atom. The number of anilines is 1. The normalized spacial score (nSPS) is 11.0. The summed E-state index contributed by atoms with van der Waals surface area (Å²) in [6.45, 7) is 3.58. The molecule has 0 amide bonds. The number of benzene rings is 2. The van der Waals surface area contributed by atoms with Crippen molar-refractivity contribution in [2.45, 2.75) is 4.90 Å². The van der Waals surface area contributed by atoms with E-state index in [1.165, 1.54) is 30.3 Å². The Labute approximate surface area is 147 Å². The first kappa shape index (κ1) is 17.4. The molecule has 0 saturated carbocycles. The number of nitro groups is 1. The molecule has 120 valence electrons. The molecule has 0 aliphatic rings. The first-order chi connectivity index (χ1) is 10.9. The highest BCUT2D eigenvalue weighted by Gasteiger charge is 2.31. The molecule has 0 heterocycles. The van der Waals surface area contributed by atoms with Gasteiger partial charge in [-0.05, 0) is 52.9 Å². The summed E-state index contributed by atoms with van der Waals surface area (Å²) in [6.07, 6.45) is 1.43. The van der Waals surface area contributed by atoms with Crippen molar-refractivity contribution in [2.24, 2.45) is 0 Å². The molecule has 0 fully saturated rings. The second-order valence-corrected chi connectivity index (χ2v) is 7.60. The molecule has 0 atom stereocenters. The molecule has 2 aromatic carbocycles. The molecule has 23 heavy (non-hydrogen) atoms. The Hall–Kier alpha value is -1.94. The van der Waals surface area contributed by atoms with Crippen LogP contribution in [0.5, 0.6) is 0 Å². The third-order valence-corrected chi connectivity index (χ3v) is 5.60. The molecule has 0 aliphatic heterocycles. The zero-order valence-electron chi connectivity index (χ0n) is 11.9. The average Bonchev–Trinajstić information content (AvgIpc) is 2.53. The van der Waals surface area contributed by atoms with Gasteiger partial charge in [0.05, 0.1) is 17.2 Å². The Balaban J connectivity index is 2.60. The van der Waals surface area contributed by atoms with Crippen molar-refractivity contribution >= 4 is 44.0 Å². The van der Waals surface area contributed by atoms with Gasteiger partial charge in [-0.15, -0.1) is 6.58 Å². The third-order valence-electron chi connectivity index (χ3n) is 3.04. The van der Waals surface area contributed by atoms with Gasteiger partial charge in [0.2, 0.25) is 0 Å². The van der Waals surface area contributed by atoms with Gasteiger partial charge in [-0.25, -0.2) is 8.42 Å². The van der Waals surface area contributed by atoms with Crippen LogP contribution in [-0.2, 0) is 10.0 Å². The minimum Gasteiger partial charge on any atom is -0.262 e. The van der Waals surface area contributed by atoms with Crippen molar-refractivity contribution in [3.8, 4) is 0 Å². The van der Waals surface area contributed by atoms with E-state index in [-0.39, 0.29) is 11.4 Å². The van der Waals surface area contributed by atoms with Crippen molar-refractivity contribution in [3.63, 3.8) is 0 Å². The number of rotatable bonds is 6. The maximum atomic E-state index is 12.9. The fourth-order valence-electron chi connectivity index (χ4n) is 2.01. The van der Waals surface area contributed by atoms with E-state index in [4.69, 9.17) is 0 Å². The van der Waals surface area contributed by atoms with Gasteiger partial charge in [0, 0.05) is 9.64 Å². The molecule has 0 N–H and O–H groups in total. The van der Waals surface area contributed by atoms with Crippen molar-refractivity contribution in [2.75, 3.05) is 10.8 Å². The molecule has 0 radical (unpaired) electrons. The fourth-order valence-corrected chi connectivity index (χ4v) is 3.97. The SMILES string of the molecule is C=CCN(c1ccc(I)cc1)S(=O)(=O)c1ccccc1[N+](=O)[O-]. The summed E-state index contributed by atoms with van der Waals surface area (Å²) < 4.78 is 27.9. The van der Waals surface area contributed by atoms with Gasteiger partial charge in [0.15, 0.2) is 4.90 Å². The predicted molar refractivity (Wildman–Crippen MR) is 97.0 cm³/mol. The fraction of sp³-hybridized carbons (Fsp3) is 0.0667. The quantitative estimate of drug-likeness (QED) is 0.295. The molecule has 6 nitrogen and oxygen atoms in total. The Kier molecular flexibility index (Phi) is 5.37. The van der Waals surface area contributed by atoms with Gasteiger partial charge in [0.1, 0.15) is 0 Å². The number of para-hydroxylation sites is 1. The second-order valence-electron chi connectivity index (χ2n) is 4.53. The predicted octanol–water partition coefficient (Wildman–Crippen LogP) is 3.58. The molecule has 2 rings (SSSR count). The number of nitrogens with zero attached hydrogens (tertiary/aromatic N) is 2. The lowest BCUT2D eigenvalue weighted by Crippen LogP contribution is -2.31. The molecule has 0 aromatic heterocycles. The van der Waals surface area contributed by atoms with Crippen LogP contribution in [0.1, 0.15) is 0 Å². The zero-order chi connectivity index (χ0) is 17.0. The van der Waals surface area contributed by atoms with Crippen LogP contribution in [0.25, 0.3) is 0 Å². The summed E-state index contributed by atoms with van der Waals surface area (Å²) in [6, 6.07) is 12.1.